The number of hydrogen-bond acceptors (Lipinski definition) is 3. The topological polar surface area (TPSA) is 29.3 Å². The number of nitrogens with zero attached hydrogens (tertiary/aromatic N) is 1. The molecule has 16 heavy (non-hydrogen) atoms. The average Bonchev–Trinajstić information content (AvgIpc) is 2.28. The lowest BCUT2D eigenvalue weighted by molar-refractivity contribution is 0.673. The molecule has 1 aromatic carbocycles. The summed E-state index contributed by atoms with van der Waals surface area (Å²) in [6.45, 7) is 4.30. The Morgan fingerprint density at radius 2 is 2.12 bits per heavy atom. The highest BCUT2D eigenvalue weighted by Crippen LogP contribution is 2.23. The molecule has 0 saturated carbocycles. The summed E-state index contributed by atoms with van der Waals surface area (Å²) in [5.74, 6) is 1.16. The third-order valence-corrected chi connectivity index (χ3v) is 3.76. The minimum absolute atomic E-state index is 0.595. The molecule has 1 atom stereocenters. The molecule has 2 nitrogen and oxygen atoms in total. The first-order valence-electron chi connectivity index (χ1n) is 5.68. The third-order valence-electron chi connectivity index (χ3n) is 3.04. The molecule has 0 aliphatic rings. The van der Waals surface area contributed by atoms with E-state index >= 15 is 0 Å². The van der Waals surface area contributed by atoms with Crippen LogP contribution in [0.15, 0.2) is 18.2 Å². The molecule has 0 aliphatic carbocycles. The normalized spacial score (nSPS) is 12.5. The zero-order valence-electron chi connectivity index (χ0n) is 10.7. The van der Waals surface area contributed by atoms with E-state index in [1.54, 1.807) is 0 Å². The van der Waals surface area contributed by atoms with Gasteiger partial charge < -0.3 is 10.6 Å². The maximum atomic E-state index is 5.83. The molecule has 0 aromatic heterocycles. The maximum Gasteiger partial charge on any atom is 0.0374 e. The molecule has 0 aliphatic heterocycles. The molecule has 3 heteroatoms. The second kappa shape index (κ2) is 6.04. The number of hydrogen-bond donors (Lipinski definition) is 1. The number of benzene rings is 1. The molecule has 90 valence electrons. The number of rotatable bonds is 5. The van der Waals surface area contributed by atoms with Gasteiger partial charge in [-0.05, 0) is 43.4 Å². The van der Waals surface area contributed by atoms with Crippen LogP contribution in [0.25, 0.3) is 0 Å². The predicted molar refractivity (Wildman–Crippen MR) is 76.5 cm³/mol. The van der Waals surface area contributed by atoms with E-state index in [-0.39, 0.29) is 0 Å². The van der Waals surface area contributed by atoms with Crippen LogP contribution in [0.1, 0.15) is 18.9 Å². The Hall–Kier alpha value is -0.830. The summed E-state index contributed by atoms with van der Waals surface area (Å²) in [6, 6.07) is 6.86. The Bertz CT molecular complexity index is 339. The summed E-state index contributed by atoms with van der Waals surface area (Å²) in [5, 5.41) is 0. The Morgan fingerprint density at radius 1 is 1.44 bits per heavy atom. The van der Waals surface area contributed by atoms with Crippen LogP contribution < -0.4 is 10.6 Å². The van der Waals surface area contributed by atoms with Crippen LogP contribution in [0, 0.1) is 6.92 Å². The fourth-order valence-corrected chi connectivity index (χ4v) is 2.63. The summed E-state index contributed by atoms with van der Waals surface area (Å²) in [4.78, 5) is 2.35. The van der Waals surface area contributed by atoms with Gasteiger partial charge in [0.25, 0.3) is 0 Å². The lowest BCUT2D eigenvalue weighted by atomic mass is 10.1. The smallest absolute Gasteiger partial charge is 0.0374 e. The second-order valence-electron chi connectivity index (χ2n) is 4.17. The molecule has 1 aromatic rings. The molecule has 0 saturated heterocycles. The summed E-state index contributed by atoms with van der Waals surface area (Å²) in [6.07, 6.45) is 3.32. The molecular formula is C13H22N2S. The van der Waals surface area contributed by atoms with Crippen LogP contribution in [-0.2, 0) is 0 Å². The Labute approximate surface area is 103 Å². The highest BCUT2D eigenvalue weighted by Gasteiger charge is 2.12. The van der Waals surface area contributed by atoms with E-state index in [0.29, 0.717) is 6.04 Å². The van der Waals surface area contributed by atoms with Crippen molar-refractivity contribution in [2.75, 3.05) is 29.7 Å². The van der Waals surface area contributed by atoms with Gasteiger partial charge in [0.2, 0.25) is 0 Å². The molecule has 0 heterocycles. The highest BCUT2D eigenvalue weighted by atomic mass is 32.2. The van der Waals surface area contributed by atoms with Crippen molar-refractivity contribution in [3.63, 3.8) is 0 Å². The summed E-state index contributed by atoms with van der Waals surface area (Å²) in [7, 11) is 2.16. The van der Waals surface area contributed by atoms with Crippen LogP contribution >= 0.6 is 11.8 Å². The first kappa shape index (κ1) is 13.2. The van der Waals surface area contributed by atoms with Crippen molar-refractivity contribution in [1.29, 1.82) is 0 Å². The van der Waals surface area contributed by atoms with E-state index in [4.69, 9.17) is 5.73 Å². The van der Waals surface area contributed by atoms with Crippen molar-refractivity contribution >= 4 is 23.1 Å². The minimum Gasteiger partial charge on any atom is -0.399 e. The number of nitrogens with two attached hydrogens (primary N) is 1. The lowest BCUT2D eigenvalue weighted by Crippen LogP contribution is -2.33. The number of nitrogen functional groups attached to an aromatic ring is 1. The van der Waals surface area contributed by atoms with Gasteiger partial charge in [0.1, 0.15) is 0 Å². The fourth-order valence-electron chi connectivity index (χ4n) is 1.79. The quantitative estimate of drug-likeness (QED) is 0.799. The average molecular weight is 238 g/mol. The standard InChI is InChI=1S/C13H22N2S/c1-5-11(9-16-4)15(3)12-6-7-13(14)10(2)8-12/h6-8,11H,5,9,14H2,1-4H3. The summed E-state index contributed by atoms with van der Waals surface area (Å²) >= 11 is 1.90. The number of anilines is 2. The second-order valence-corrected chi connectivity index (χ2v) is 5.08. The van der Waals surface area contributed by atoms with Gasteiger partial charge in [-0.25, -0.2) is 0 Å². The molecular weight excluding hydrogens is 216 g/mol. The SMILES string of the molecule is CCC(CSC)N(C)c1ccc(N)c(C)c1. The van der Waals surface area contributed by atoms with Gasteiger partial charge in [-0.3, -0.25) is 0 Å². The van der Waals surface area contributed by atoms with Gasteiger partial charge in [0, 0.05) is 30.2 Å². The molecule has 1 unspecified atom stereocenters. The van der Waals surface area contributed by atoms with Gasteiger partial charge in [0.05, 0.1) is 0 Å². The van der Waals surface area contributed by atoms with Gasteiger partial charge in [-0.2, -0.15) is 11.8 Å². The van der Waals surface area contributed by atoms with Crippen molar-refractivity contribution in [2.24, 2.45) is 0 Å². The molecule has 0 bridgehead atoms. The fraction of sp³-hybridized carbons (Fsp3) is 0.538. The van der Waals surface area contributed by atoms with E-state index < -0.39 is 0 Å². The van der Waals surface area contributed by atoms with Crippen molar-refractivity contribution in [3.05, 3.63) is 23.8 Å². The van der Waals surface area contributed by atoms with Crippen LogP contribution in [0.2, 0.25) is 0 Å². The molecule has 0 radical (unpaired) electrons. The van der Waals surface area contributed by atoms with Crippen LogP contribution in [0.5, 0.6) is 0 Å². The van der Waals surface area contributed by atoms with Crippen molar-refractivity contribution in [1.82, 2.24) is 0 Å². The highest BCUT2D eigenvalue weighted by molar-refractivity contribution is 7.98. The van der Waals surface area contributed by atoms with Crippen LogP contribution in [-0.4, -0.2) is 25.1 Å². The van der Waals surface area contributed by atoms with E-state index in [9.17, 15) is 0 Å². The third kappa shape index (κ3) is 3.08. The predicted octanol–water partition coefficient (Wildman–Crippen LogP) is 3.16. The molecule has 2 N–H and O–H groups in total. The zero-order valence-corrected chi connectivity index (χ0v) is 11.5. The molecule has 0 amide bonds. The number of thioether (sulfide) groups is 1. The van der Waals surface area contributed by atoms with Crippen LogP contribution in [0.3, 0.4) is 0 Å². The Balaban J connectivity index is 2.85. The minimum atomic E-state index is 0.595. The number of aryl methyl sites for hydroxylation is 1. The van der Waals surface area contributed by atoms with Crippen molar-refractivity contribution < 1.29 is 0 Å². The first-order valence-corrected chi connectivity index (χ1v) is 7.07. The Morgan fingerprint density at radius 3 is 2.62 bits per heavy atom. The van der Waals surface area contributed by atoms with E-state index in [1.807, 2.05) is 17.8 Å². The molecule has 0 fully saturated rings. The molecule has 0 spiro atoms. The van der Waals surface area contributed by atoms with Crippen molar-refractivity contribution in [3.8, 4) is 0 Å². The van der Waals surface area contributed by atoms with Gasteiger partial charge in [0.15, 0.2) is 0 Å². The van der Waals surface area contributed by atoms with Gasteiger partial charge in [-0.15, -0.1) is 0 Å². The zero-order chi connectivity index (χ0) is 12.1. The van der Waals surface area contributed by atoms with Gasteiger partial charge >= 0.3 is 0 Å². The van der Waals surface area contributed by atoms with Gasteiger partial charge in [-0.1, -0.05) is 6.92 Å². The lowest BCUT2D eigenvalue weighted by Gasteiger charge is -2.29. The van der Waals surface area contributed by atoms with E-state index in [1.165, 1.54) is 12.1 Å². The van der Waals surface area contributed by atoms with Crippen molar-refractivity contribution in [2.45, 2.75) is 26.3 Å². The summed E-state index contributed by atoms with van der Waals surface area (Å²) in [5.41, 5.74) is 9.12. The van der Waals surface area contributed by atoms with E-state index in [2.05, 4.69) is 44.2 Å². The van der Waals surface area contributed by atoms with Crippen LogP contribution in [0.4, 0.5) is 11.4 Å². The summed E-state index contributed by atoms with van der Waals surface area (Å²) < 4.78 is 0. The Kier molecular flexibility index (Phi) is 5.00. The largest absolute Gasteiger partial charge is 0.399 e. The van der Waals surface area contributed by atoms with E-state index in [0.717, 1.165) is 17.0 Å². The first-order chi connectivity index (χ1) is 7.60. The maximum absolute atomic E-state index is 5.83. The monoisotopic (exact) mass is 238 g/mol. The molecule has 1 rings (SSSR count).